The highest BCUT2D eigenvalue weighted by atomic mass is 32.2. The first kappa shape index (κ1) is 17.5. The standard InChI is InChI=1S/C19H19N5O2S/c1-26-17-8-6-16(7-9-17)24-19(20-21-22-24)27-13-18(25)23-11-10-14-4-2-3-5-15(14)12-23/h2-9H,10-13H2,1H3. The summed E-state index contributed by atoms with van der Waals surface area (Å²) in [4.78, 5) is 14.5. The lowest BCUT2D eigenvalue weighted by molar-refractivity contribution is -0.129. The predicted octanol–water partition coefficient (Wildman–Crippen LogP) is 2.35. The van der Waals surface area contributed by atoms with Crippen LogP contribution in [-0.4, -0.2) is 50.4 Å². The summed E-state index contributed by atoms with van der Waals surface area (Å²) in [5.74, 6) is 1.17. The van der Waals surface area contributed by atoms with E-state index in [2.05, 4.69) is 27.7 Å². The smallest absolute Gasteiger partial charge is 0.233 e. The Labute approximate surface area is 161 Å². The summed E-state index contributed by atoms with van der Waals surface area (Å²) in [6, 6.07) is 15.7. The molecule has 1 aliphatic rings. The number of ether oxygens (including phenoxy) is 1. The number of benzene rings is 2. The van der Waals surface area contributed by atoms with Crippen molar-refractivity contribution in [1.29, 1.82) is 0 Å². The van der Waals surface area contributed by atoms with Crippen LogP contribution >= 0.6 is 11.8 Å². The van der Waals surface area contributed by atoms with Crippen LogP contribution in [0.25, 0.3) is 5.69 Å². The SMILES string of the molecule is COc1ccc(-n2nnnc2SCC(=O)N2CCc3ccccc3C2)cc1. The van der Waals surface area contributed by atoms with Crippen molar-refractivity contribution < 1.29 is 9.53 Å². The minimum Gasteiger partial charge on any atom is -0.497 e. The molecule has 1 aromatic heterocycles. The van der Waals surface area contributed by atoms with E-state index in [0.717, 1.165) is 24.4 Å². The molecule has 2 aromatic carbocycles. The fraction of sp³-hybridized carbons (Fsp3) is 0.263. The number of rotatable bonds is 5. The highest BCUT2D eigenvalue weighted by Crippen LogP contribution is 2.23. The van der Waals surface area contributed by atoms with Crippen LogP contribution in [-0.2, 0) is 17.8 Å². The van der Waals surface area contributed by atoms with Gasteiger partial charge in [-0.3, -0.25) is 4.79 Å². The second-order valence-corrected chi connectivity index (χ2v) is 7.14. The molecule has 4 rings (SSSR count). The zero-order chi connectivity index (χ0) is 18.6. The fourth-order valence-corrected chi connectivity index (χ4v) is 3.87. The van der Waals surface area contributed by atoms with Crippen molar-refractivity contribution in [3.05, 3.63) is 59.7 Å². The fourth-order valence-electron chi connectivity index (χ4n) is 3.08. The maximum Gasteiger partial charge on any atom is 0.233 e. The molecule has 1 aliphatic heterocycles. The number of hydrogen-bond acceptors (Lipinski definition) is 6. The van der Waals surface area contributed by atoms with Gasteiger partial charge in [0.15, 0.2) is 0 Å². The first-order valence-corrected chi connectivity index (χ1v) is 9.63. The number of aromatic nitrogens is 4. The van der Waals surface area contributed by atoms with E-state index < -0.39 is 0 Å². The summed E-state index contributed by atoms with van der Waals surface area (Å²) >= 11 is 1.35. The Morgan fingerprint density at radius 3 is 2.70 bits per heavy atom. The monoisotopic (exact) mass is 381 g/mol. The summed E-state index contributed by atoms with van der Waals surface area (Å²) in [6.07, 6.45) is 0.899. The molecule has 0 N–H and O–H groups in total. The van der Waals surface area contributed by atoms with Crippen molar-refractivity contribution >= 4 is 17.7 Å². The molecule has 1 amide bonds. The van der Waals surface area contributed by atoms with Crippen molar-refractivity contribution in [3.63, 3.8) is 0 Å². The lowest BCUT2D eigenvalue weighted by atomic mass is 10.00. The normalized spacial score (nSPS) is 13.3. The number of thioether (sulfide) groups is 1. The zero-order valence-electron chi connectivity index (χ0n) is 14.9. The van der Waals surface area contributed by atoms with Gasteiger partial charge in [-0.15, -0.1) is 5.10 Å². The first-order valence-electron chi connectivity index (χ1n) is 8.65. The number of fused-ring (bicyclic) bond motifs is 1. The van der Waals surface area contributed by atoms with Gasteiger partial charge in [-0.2, -0.15) is 4.68 Å². The van der Waals surface area contributed by atoms with Crippen LogP contribution in [0.15, 0.2) is 53.7 Å². The van der Waals surface area contributed by atoms with E-state index >= 15 is 0 Å². The van der Waals surface area contributed by atoms with Gasteiger partial charge in [0.1, 0.15) is 5.75 Å². The van der Waals surface area contributed by atoms with E-state index in [9.17, 15) is 4.79 Å². The number of methoxy groups -OCH3 is 1. The molecule has 27 heavy (non-hydrogen) atoms. The highest BCUT2D eigenvalue weighted by molar-refractivity contribution is 7.99. The number of nitrogens with zero attached hydrogens (tertiary/aromatic N) is 5. The largest absolute Gasteiger partial charge is 0.497 e. The average molecular weight is 381 g/mol. The predicted molar refractivity (Wildman–Crippen MR) is 102 cm³/mol. The molecule has 8 heteroatoms. The van der Waals surface area contributed by atoms with Gasteiger partial charge >= 0.3 is 0 Å². The van der Waals surface area contributed by atoms with Crippen LogP contribution in [0.5, 0.6) is 5.75 Å². The minimum atomic E-state index is 0.0961. The number of tetrazole rings is 1. The van der Waals surface area contributed by atoms with Gasteiger partial charge in [-0.25, -0.2) is 0 Å². The van der Waals surface area contributed by atoms with E-state index in [1.807, 2.05) is 41.3 Å². The second kappa shape index (κ2) is 7.79. The Morgan fingerprint density at radius 2 is 1.93 bits per heavy atom. The van der Waals surface area contributed by atoms with E-state index in [0.29, 0.717) is 17.5 Å². The van der Waals surface area contributed by atoms with Crippen LogP contribution < -0.4 is 4.74 Å². The van der Waals surface area contributed by atoms with Crippen molar-refractivity contribution in [2.24, 2.45) is 0 Å². The molecule has 0 fully saturated rings. The van der Waals surface area contributed by atoms with E-state index in [1.54, 1.807) is 11.8 Å². The summed E-state index contributed by atoms with van der Waals surface area (Å²) in [6.45, 7) is 1.42. The molecule has 138 valence electrons. The number of hydrogen-bond donors (Lipinski definition) is 0. The lowest BCUT2D eigenvalue weighted by Crippen LogP contribution is -2.37. The Bertz CT molecular complexity index is 941. The quantitative estimate of drug-likeness (QED) is 0.632. The Hall–Kier alpha value is -2.87. The van der Waals surface area contributed by atoms with Gasteiger partial charge in [-0.1, -0.05) is 36.0 Å². The molecular weight excluding hydrogens is 362 g/mol. The maximum absolute atomic E-state index is 12.6. The number of amides is 1. The van der Waals surface area contributed by atoms with Gasteiger partial charge in [-0.05, 0) is 52.2 Å². The van der Waals surface area contributed by atoms with E-state index in [4.69, 9.17) is 4.74 Å². The third kappa shape index (κ3) is 3.80. The van der Waals surface area contributed by atoms with Crippen LogP contribution in [0, 0.1) is 0 Å². The van der Waals surface area contributed by atoms with Crippen molar-refractivity contribution in [2.45, 2.75) is 18.1 Å². The van der Waals surface area contributed by atoms with Crippen LogP contribution in [0.1, 0.15) is 11.1 Å². The maximum atomic E-state index is 12.6. The highest BCUT2D eigenvalue weighted by Gasteiger charge is 2.21. The van der Waals surface area contributed by atoms with Gasteiger partial charge in [0.05, 0.1) is 18.6 Å². The zero-order valence-corrected chi connectivity index (χ0v) is 15.7. The molecule has 0 atom stereocenters. The molecule has 2 heterocycles. The number of carbonyl (C=O) groups is 1. The van der Waals surface area contributed by atoms with Crippen LogP contribution in [0.2, 0.25) is 0 Å². The van der Waals surface area contributed by atoms with Gasteiger partial charge in [0, 0.05) is 13.1 Å². The molecule has 7 nitrogen and oxygen atoms in total. The minimum absolute atomic E-state index is 0.0961. The van der Waals surface area contributed by atoms with Crippen molar-refractivity contribution in [3.8, 4) is 11.4 Å². The molecule has 3 aromatic rings. The second-order valence-electron chi connectivity index (χ2n) is 6.19. The van der Waals surface area contributed by atoms with Crippen LogP contribution in [0.3, 0.4) is 0 Å². The van der Waals surface area contributed by atoms with E-state index in [1.165, 1.54) is 22.9 Å². The molecule has 0 unspecified atom stereocenters. The molecular formula is C19H19N5O2S. The molecule has 0 saturated heterocycles. The summed E-state index contributed by atoms with van der Waals surface area (Å²) in [5.41, 5.74) is 3.38. The van der Waals surface area contributed by atoms with Gasteiger partial charge in [0.25, 0.3) is 0 Å². The molecule has 0 spiro atoms. The average Bonchev–Trinajstić information content (AvgIpc) is 3.20. The summed E-state index contributed by atoms with van der Waals surface area (Å²) in [5, 5.41) is 12.4. The summed E-state index contributed by atoms with van der Waals surface area (Å²) in [7, 11) is 1.62. The lowest BCUT2D eigenvalue weighted by Gasteiger charge is -2.28. The topological polar surface area (TPSA) is 73.1 Å². The van der Waals surface area contributed by atoms with Crippen LogP contribution in [0.4, 0.5) is 0 Å². The Balaban J connectivity index is 1.41. The molecule has 0 aliphatic carbocycles. The number of carbonyl (C=O) groups excluding carboxylic acids is 1. The van der Waals surface area contributed by atoms with Crippen molar-refractivity contribution in [1.82, 2.24) is 25.1 Å². The Morgan fingerprint density at radius 1 is 1.15 bits per heavy atom. The van der Waals surface area contributed by atoms with E-state index in [-0.39, 0.29) is 5.91 Å². The van der Waals surface area contributed by atoms with Gasteiger partial charge in [0.2, 0.25) is 11.1 Å². The Kier molecular flexibility index (Phi) is 5.06. The summed E-state index contributed by atoms with van der Waals surface area (Å²) < 4.78 is 6.80. The first-order chi connectivity index (χ1) is 13.2. The third-order valence-electron chi connectivity index (χ3n) is 4.57. The van der Waals surface area contributed by atoms with Gasteiger partial charge < -0.3 is 9.64 Å². The molecule has 0 radical (unpaired) electrons. The third-order valence-corrected chi connectivity index (χ3v) is 5.47. The molecule has 0 saturated carbocycles. The molecule has 0 bridgehead atoms. The van der Waals surface area contributed by atoms with Crippen molar-refractivity contribution in [2.75, 3.05) is 19.4 Å².